The summed E-state index contributed by atoms with van der Waals surface area (Å²) in [6, 6.07) is 6.77. The van der Waals surface area contributed by atoms with Gasteiger partial charge >= 0.3 is 6.09 Å². The van der Waals surface area contributed by atoms with Gasteiger partial charge in [0.25, 0.3) is 0 Å². The molecule has 1 aromatic rings. The fraction of sp³-hybridized carbons (Fsp3) is 0.643. The highest BCUT2D eigenvalue weighted by Crippen LogP contribution is 2.41. The van der Waals surface area contributed by atoms with Crippen LogP contribution in [0.25, 0.3) is 10.4 Å². The summed E-state index contributed by atoms with van der Waals surface area (Å²) >= 11 is 1.37. The maximum atomic E-state index is 12.9. The predicted molar refractivity (Wildman–Crippen MR) is 166 cm³/mol. The second kappa shape index (κ2) is 16.8. The van der Waals surface area contributed by atoms with E-state index in [0.717, 1.165) is 11.3 Å². The van der Waals surface area contributed by atoms with Crippen molar-refractivity contribution in [3.63, 3.8) is 0 Å². The van der Waals surface area contributed by atoms with Gasteiger partial charge in [0.2, 0.25) is 5.91 Å². The van der Waals surface area contributed by atoms with Gasteiger partial charge in [0.15, 0.2) is 8.32 Å². The number of methoxy groups -OCH3 is 1. The van der Waals surface area contributed by atoms with E-state index in [-0.39, 0.29) is 37.1 Å². The highest BCUT2D eigenvalue weighted by atomic mass is 32.2. The molecule has 2 amide bonds. The van der Waals surface area contributed by atoms with E-state index in [1.807, 2.05) is 24.3 Å². The molecule has 1 aromatic carbocycles. The number of benzene rings is 1. The van der Waals surface area contributed by atoms with E-state index in [1.54, 1.807) is 14.2 Å². The lowest BCUT2D eigenvalue weighted by atomic mass is 9.97. The van der Waals surface area contributed by atoms with Crippen molar-refractivity contribution in [2.75, 3.05) is 33.1 Å². The Kier molecular flexibility index (Phi) is 14.2. The molecular formula is C28H45N5O7SSi. The van der Waals surface area contributed by atoms with Gasteiger partial charge in [-0.25, -0.2) is 4.79 Å². The molecule has 1 heterocycles. The molecular weight excluding hydrogens is 578 g/mol. The molecule has 234 valence electrons. The van der Waals surface area contributed by atoms with Gasteiger partial charge < -0.3 is 34.0 Å². The Balaban J connectivity index is 2.53. The lowest BCUT2D eigenvalue weighted by Gasteiger charge is -2.50. The standard InChI is InChI=1S/C28H45N5O7SSi/c1-9-15-37-27(35)32-23-25(40-42(7,8)28(2,3)4)24(38-18-19-10-12-20(36-6)13-11-19)21(17-31-33-29)39-26(23)41-16-14-22(34)30-5/h9-13,21,23-26H,1,14-18H2,2-8H3,(H,30,34)(H,32,35)/t21-,23-,24-,25-,26+/m1/s1. The maximum absolute atomic E-state index is 12.9. The Morgan fingerprint density at radius 2 is 1.93 bits per heavy atom. The van der Waals surface area contributed by atoms with E-state index in [1.165, 1.54) is 17.8 Å². The number of alkyl carbamates (subject to hydrolysis) is 1. The first-order valence-corrected chi connectivity index (χ1v) is 17.8. The molecule has 0 bridgehead atoms. The fourth-order valence-electron chi connectivity index (χ4n) is 3.94. The first kappa shape index (κ1) is 35.5. The van der Waals surface area contributed by atoms with Gasteiger partial charge in [-0.15, -0.1) is 11.8 Å². The normalized spacial score (nSPS) is 22.4. The monoisotopic (exact) mass is 623 g/mol. The Hall–Kier alpha value is -2.74. The summed E-state index contributed by atoms with van der Waals surface area (Å²) in [4.78, 5) is 27.8. The van der Waals surface area contributed by atoms with Crippen LogP contribution >= 0.6 is 11.8 Å². The van der Waals surface area contributed by atoms with Crippen LogP contribution in [0.5, 0.6) is 5.75 Å². The molecule has 1 fully saturated rings. The Morgan fingerprint density at radius 3 is 2.50 bits per heavy atom. The number of amides is 2. The van der Waals surface area contributed by atoms with E-state index >= 15 is 0 Å². The molecule has 5 atom stereocenters. The molecule has 1 aliphatic rings. The zero-order chi connectivity index (χ0) is 31.3. The zero-order valence-electron chi connectivity index (χ0n) is 25.6. The number of nitrogens with zero attached hydrogens (tertiary/aromatic N) is 3. The largest absolute Gasteiger partial charge is 0.497 e. The van der Waals surface area contributed by atoms with Crippen LogP contribution in [-0.2, 0) is 30.0 Å². The summed E-state index contributed by atoms with van der Waals surface area (Å²) < 4.78 is 30.5. The predicted octanol–water partition coefficient (Wildman–Crippen LogP) is 5.16. The molecule has 2 N–H and O–H groups in total. The molecule has 0 aromatic heterocycles. The van der Waals surface area contributed by atoms with Crippen molar-refractivity contribution >= 4 is 32.1 Å². The van der Waals surface area contributed by atoms with Crippen molar-refractivity contribution in [3.05, 3.63) is 52.9 Å². The fourth-order valence-corrected chi connectivity index (χ4v) is 6.44. The van der Waals surface area contributed by atoms with Gasteiger partial charge in [0, 0.05) is 24.1 Å². The Labute approximate surface area is 254 Å². The molecule has 0 aliphatic carbocycles. The third-order valence-corrected chi connectivity index (χ3v) is 13.0. The van der Waals surface area contributed by atoms with Crippen molar-refractivity contribution in [2.45, 2.75) is 81.7 Å². The van der Waals surface area contributed by atoms with Crippen molar-refractivity contribution in [1.29, 1.82) is 0 Å². The first-order valence-electron chi connectivity index (χ1n) is 13.8. The summed E-state index contributed by atoms with van der Waals surface area (Å²) in [5, 5.41) is 9.20. The third-order valence-electron chi connectivity index (χ3n) is 7.32. The summed E-state index contributed by atoms with van der Waals surface area (Å²) in [5.41, 5.74) is 9.38. The lowest BCUT2D eigenvalue weighted by Crippen LogP contribution is -2.67. The van der Waals surface area contributed by atoms with Gasteiger partial charge in [0.1, 0.15) is 23.9 Å². The molecule has 1 saturated heterocycles. The van der Waals surface area contributed by atoms with E-state index in [4.69, 9.17) is 28.9 Å². The minimum absolute atomic E-state index is 0.0126. The van der Waals surface area contributed by atoms with Crippen LogP contribution in [0.3, 0.4) is 0 Å². The van der Waals surface area contributed by atoms with Gasteiger partial charge in [-0.2, -0.15) is 0 Å². The van der Waals surface area contributed by atoms with Crippen molar-refractivity contribution in [3.8, 4) is 5.75 Å². The summed E-state index contributed by atoms with van der Waals surface area (Å²) in [6.07, 6.45) is -1.02. The average molecular weight is 624 g/mol. The number of hydrogen-bond acceptors (Lipinski definition) is 9. The molecule has 42 heavy (non-hydrogen) atoms. The number of hydrogen-bond donors (Lipinski definition) is 2. The molecule has 0 spiro atoms. The topological polar surface area (TPSA) is 153 Å². The van der Waals surface area contributed by atoms with Crippen LogP contribution < -0.4 is 15.4 Å². The van der Waals surface area contributed by atoms with Crippen LogP contribution in [-0.4, -0.2) is 83.2 Å². The number of ether oxygens (including phenoxy) is 4. The van der Waals surface area contributed by atoms with E-state index in [2.05, 4.69) is 61.1 Å². The Morgan fingerprint density at radius 1 is 1.24 bits per heavy atom. The quantitative estimate of drug-likeness (QED) is 0.0894. The van der Waals surface area contributed by atoms with Crippen LogP contribution in [0.2, 0.25) is 18.1 Å². The van der Waals surface area contributed by atoms with Gasteiger partial charge in [0.05, 0.1) is 38.5 Å². The highest BCUT2D eigenvalue weighted by Gasteiger charge is 2.52. The number of carbonyl (C=O) groups excluding carboxylic acids is 2. The smallest absolute Gasteiger partial charge is 0.407 e. The van der Waals surface area contributed by atoms with Gasteiger partial charge in [-0.05, 0) is 41.4 Å². The second-order valence-corrected chi connectivity index (χ2v) is 17.2. The number of rotatable bonds is 15. The van der Waals surface area contributed by atoms with Crippen LogP contribution in [0, 0.1) is 0 Å². The lowest BCUT2D eigenvalue weighted by molar-refractivity contribution is -0.176. The number of thioether (sulfide) groups is 1. The summed E-state index contributed by atoms with van der Waals surface area (Å²) in [7, 11) is 0.723. The zero-order valence-corrected chi connectivity index (χ0v) is 27.4. The average Bonchev–Trinajstić information content (AvgIpc) is 2.95. The van der Waals surface area contributed by atoms with Gasteiger partial charge in [-0.1, -0.05) is 50.7 Å². The molecule has 12 nitrogen and oxygen atoms in total. The molecule has 0 saturated carbocycles. The number of carbonyl (C=O) groups is 2. The SMILES string of the molecule is C=CCOC(=O)N[C@@H]1[C@@H](O[Si](C)(C)C(C)(C)C)[C@H](OCc2ccc(OC)cc2)[C@@H](CN=[N+]=[N-])O[C@H]1SCCC(=O)NC. The van der Waals surface area contributed by atoms with E-state index in [9.17, 15) is 9.59 Å². The number of azide groups is 1. The minimum Gasteiger partial charge on any atom is -0.497 e. The van der Waals surface area contributed by atoms with Gasteiger partial charge in [-0.3, -0.25) is 4.79 Å². The van der Waals surface area contributed by atoms with Crippen LogP contribution in [0.4, 0.5) is 4.79 Å². The minimum atomic E-state index is -2.46. The molecule has 1 aliphatic heterocycles. The van der Waals surface area contributed by atoms with Crippen LogP contribution in [0.15, 0.2) is 42.0 Å². The highest BCUT2D eigenvalue weighted by molar-refractivity contribution is 7.99. The van der Waals surface area contributed by atoms with Crippen molar-refractivity contribution in [2.24, 2.45) is 5.11 Å². The van der Waals surface area contributed by atoms with E-state index < -0.39 is 44.2 Å². The van der Waals surface area contributed by atoms with E-state index in [0.29, 0.717) is 5.75 Å². The summed E-state index contributed by atoms with van der Waals surface area (Å²) in [6.45, 7) is 14.4. The van der Waals surface area contributed by atoms with Crippen molar-refractivity contribution < 1.29 is 33.0 Å². The van der Waals surface area contributed by atoms with Crippen LogP contribution in [0.1, 0.15) is 32.8 Å². The summed E-state index contributed by atoms with van der Waals surface area (Å²) in [5.74, 6) is 1.02. The second-order valence-electron chi connectivity index (χ2n) is 11.3. The Bertz CT molecular complexity index is 1080. The molecule has 0 unspecified atom stereocenters. The third kappa shape index (κ3) is 10.5. The van der Waals surface area contributed by atoms with Crippen molar-refractivity contribution in [1.82, 2.24) is 10.6 Å². The number of nitrogens with one attached hydrogen (secondary N) is 2. The molecule has 0 radical (unpaired) electrons. The molecule has 2 rings (SSSR count). The molecule has 14 heteroatoms. The maximum Gasteiger partial charge on any atom is 0.407 e. The first-order chi connectivity index (χ1) is 19.9.